The van der Waals surface area contributed by atoms with Crippen molar-refractivity contribution in [1.82, 2.24) is 0 Å². The van der Waals surface area contributed by atoms with Crippen molar-refractivity contribution in [3.8, 4) is 0 Å². The summed E-state index contributed by atoms with van der Waals surface area (Å²) in [5.41, 5.74) is -0.642. The fourth-order valence-electron chi connectivity index (χ4n) is 11.1. The first-order valence-electron chi connectivity index (χ1n) is 25.4. The maximum atomic E-state index is 10.9. The highest BCUT2D eigenvalue weighted by molar-refractivity contribution is 6.74. The van der Waals surface area contributed by atoms with E-state index in [2.05, 4.69) is 54.6 Å². The maximum Gasteiger partial charge on any atom is 0.192 e. The molecule has 5 heterocycles. The molecule has 14 heteroatoms. The van der Waals surface area contributed by atoms with Gasteiger partial charge in [0.2, 0.25) is 0 Å². The van der Waals surface area contributed by atoms with Gasteiger partial charge in [-0.05, 0) is 125 Å². The van der Waals surface area contributed by atoms with Crippen LogP contribution >= 0.6 is 0 Å². The first-order chi connectivity index (χ1) is 29.7. The fraction of sp³-hybridized carbons (Fsp3) is 1.00. The Hall–Kier alpha value is -0.303. The number of hydrogen-bond donors (Lipinski definition) is 2. The zero-order chi connectivity index (χ0) is 48.6. The number of hydrogen-bond acceptors (Lipinski definition) is 13. The van der Waals surface area contributed by atoms with Gasteiger partial charge in [-0.15, -0.1) is 0 Å². The molecule has 5 fully saturated rings. The van der Waals surface area contributed by atoms with E-state index in [0.717, 1.165) is 38.5 Å². The molecular weight excluding hydrogens is 849 g/mol. The van der Waals surface area contributed by atoms with Gasteiger partial charge in [-0.1, -0.05) is 41.5 Å². The average molecular weight is 945 g/mol. The fourth-order valence-corrected chi connectivity index (χ4v) is 12.5. The average Bonchev–Trinajstić information content (AvgIpc) is 3.39. The molecule has 0 aliphatic carbocycles. The highest BCUT2D eigenvalue weighted by atomic mass is 28.4. The lowest BCUT2D eigenvalue weighted by atomic mass is 9.85. The second kappa shape index (κ2) is 21.2. The molecule has 12 atom stereocenters. The van der Waals surface area contributed by atoms with Crippen molar-refractivity contribution in [3.05, 3.63) is 0 Å². The van der Waals surface area contributed by atoms with Gasteiger partial charge in [0.1, 0.15) is 0 Å². The van der Waals surface area contributed by atoms with Crippen LogP contribution in [-0.4, -0.2) is 127 Å². The van der Waals surface area contributed by atoms with Gasteiger partial charge in [0.25, 0.3) is 0 Å². The van der Waals surface area contributed by atoms with Crippen LogP contribution in [0.25, 0.3) is 0 Å². The smallest absolute Gasteiger partial charge is 0.192 e. The molecule has 65 heavy (non-hydrogen) atoms. The van der Waals surface area contributed by atoms with Crippen molar-refractivity contribution in [1.29, 1.82) is 0 Å². The van der Waals surface area contributed by atoms with Crippen molar-refractivity contribution < 1.29 is 62.0 Å². The molecule has 5 aliphatic rings. The second-order valence-corrected chi connectivity index (χ2v) is 29.6. The number of aliphatic hydroxyl groups is 2. The molecule has 0 aromatic rings. The molecule has 0 amide bonds. The molecule has 5 aliphatic heterocycles. The molecule has 2 N–H and O–H groups in total. The van der Waals surface area contributed by atoms with Crippen molar-refractivity contribution >= 4 is 8.32 Å². The molecule has 382 valence electrons. The maximum absolute atomic E-state index is 10.9. The summed E-state index contributed by atoms with van der Waals surface area (Å²) in [5.74, 6) is -3.49. The molecule has 0 aromatic carbocycles. The van der Waals surface area contributed by atoms with Crippen LogP contribution in [0.2, 0.25) is 18.1 Å². The largest absolute Gasteiger partial charge is 0.414 e. The van der Waals surface area contributed by atoms with Crippen LogP contribution in [-0.2, 0) is 51.8 Å². The van der Waals surface area contributed by atoms with E-state index in [-0.39, 0.29) is 84.5 Å². The van der Waals surface area contributed by atoms with E-state index in [1.807, 2.05) is 69.2 Å². The monoisotopic (exact) mass is 945 g/mol. The summed E-state index contributed by atoms with van der Waals surface area (Å²) in [6.07, 6.45) is 7.45. The van der Waals surface area contributed by atoms with Gasteiger partial charge in [0.05, 0.1) is 67.1 Å². The quantitative estimate of drug-likeness (QED) is 0.119. The van der Waals surface area contributed by atoms with Gasteiger partial charge in [-0.25, -0.2) is 0 Å². The van der Waals surface area contributed by atoms with Crippen molar-refractivity contribution in [3.63, 3.8) is 0 Å². The predicted octanol–water partition coefficient (Wildman–Crippen LogP) is 10.3. The van der Waals surface area contributed by atoms with Crippen LogP contribution in [0, 0.1) is 11.8 Å². The zero-order valence-corrected chi connectivity index (χ0v) is 45.2. The van der Waals surface area contributed by atoms with Crippen LogP contribution < -0.4 is 0 Å². The van der Waals surface area contributed by atoms with E-state index < -0.39 is 42.9 Å². The summed E-state index contributed by atoms with van der Waals surface area (Å²) in [6.45, 7) is 38.2. The van der Waals surface area contributed by atoms with Crippen molar-refractivity contribution in [2.45, 2.75) is 302 Å². The summed E-state index contributed by atoms with van der Waals surface area (Å²) in [7, 11) is -2.09. The van der Waals surface area contributed by atoms with E-state index in [9.17, 15) is 10.2 Å². The molecule has 0 spiro atoms. The van der Waals surface area contributed by atoms with Crippen molar-refractivity contribution in [2.24, 2.45) is 11.8 Å². The van der Waals surface area contributed by atoms with Gasteiger partial charge in [-0.2, -0.15) is 0 Å². The van der Waals surface area contributed by atoms with Crippen LogP contribution in [0.3, 0.4) is 0 Å². The third-order valence-electron chi connectivity index (χ3n) is 14.6. The number of rotatable bonds is 19. The lowest BCUT2D eigenvalue weighted by Gasteiger charge is -2.48. The van der Waals surface area contributed by atoms with Crippen LogP contribution in [0.15, 0.2) is 0 Å². The molecule has 0 saturated carbocycles. The van der Waals surface area contributed by atoms with Gasteiger partial charge in [-0.3, -0.25) is 0 Å². The van der Waals surface area contributed by atoms with E-state index in [1.165, 1.54) is 0 Å². The highest BCUT2D eigenvalue weighted by Gasteiger charge is 2.52. The van der Waals surface area contributed by atoms with Crippen LogP contribution in [0.1, 0.15) is 188 Å². The molecule has 0 aromatic heterocycles. The normalized spacial score (nSPS) is 36.3. The molecule has 0 radical (unpaired) electrons. The van der Waals surface area contributed by atoms with Gasteiger partial charge in [0, 0.05) is 64.1 Å². The predicted molar refractivity (Wildman–Crippen MR) is 254 cm³/mol. The Bertz CT molecular complexity index is 1490. The molecule has 0 bridgehead atoms. The Kier molecular flexibility index (Phi) is 18.1. The van der Waals surface area contributed by atoms with E-state index in [1.54, 1.807) is 0 Å². The Morgan fingerprint density at radius 1 is 0.585 bits per heavy atom. The molecule has 13 nitrogen and oxygen atoms in total. The highest BCUT2D eigenvalue weighted by Crippen LogP contribution is 2.46. The van der Waals surface area contributed by atoms with Crippen LogP contribution in [0.4, 0.5) is 0 Å². The minimum absolute atomic E-state index is 0.0214. The van der Waals surface area contributed by atoms with Crippen LogP contribution in [0.5, 0.6) is 0 Å². The summed E-state index contributed by atoms with van der Waals surface area (Å²) in [4.78, 5) is 0. The standard InChI is InChI=1S/C51H96O13Si/c1-33(2)44(53)34(3)19-20-36(63-65(17,18)45(4,5)6)24-37-25-38(57-48(11,12)56-37)26-39-27-40(59-49(13,14)58-39)28-41-29-43(62-50(15,16)60-41)31-51(32-54-46(7,8)64-51)30-42-23-35(21-22-52)55-47(9,10)61-42/h33-44,52-53H,19-32H2,1-18H3/t34-,35+,36-,37-,38-,39+,40+,41-,42-,43+,44-,51?/m0/s1. The molecule has 5 rings (SSSR count). The Labute approximate surface area is 395 Å². The first kappa shape index (κ1) is 55.6. The van der Waals surface area contributed by atoms with E-state index in [4.69, 9.17) is 51.8 Å². The Morgan fingerprint density at radius 2 is 0.985 bits per heavy atom. The number of aliphatic hydroxyl groups excluding tert-OH is 2. The minimum atomic E-state index is -2.09. The molecular formula is C51H96O13Si. The van der Waals surface area contributed by atoms with Gasteiger partial charge >= 0.3 is 0 Å². The third kappa shape index (κ3) is 16.6. The Morgan fingerprint density at radius 3 is 1.40 bits per heavy atom. The summed E-state index contributed by atoms with van der Waals surface area (Å²) in [5, 5.41) is 20.7. The third-order valence-corrected chi connectivity index (χ3v) is 19.1. The topological polar surface area (TPSA) is 142 Å². The van der Waals surface area contributed by atoms with Gasteiger partial charge in [0.15, 0.2) is 37.3 Å². The van der Waals surface area contributed by atoms with Gasteiger partial charge < -0.3 is 62.0 Å². The zero-order valence-electron chi connectivity index (χ0n) is 44.2. The lowest BCUT2D eigenvalue weighted by Crippen LogP contribution is -2.53. The molecule has 1 unspecified atom stereocenters. The first-order valence-corrected chi connectivity index (χ1v) is 28.3. The van der Waals surface area contributed by atoms with E-state index in [0.29, 0.717) is 45.1 Å². The lowest BCUT2D eigenvalue weighted by molar-refractivity contribution is -0.336. The number of ether oxygens (including phenoxy) is 10. The SMILES string of the molecule is CC(C)[C@H](O)[C@@H](C)CC[C@@H](C[C@H]1C[C@@H](C[C@@H]2C[C@H](C[C@H]3C[C@H](CC4(C[C@@H]5C[C@@H](CCO)OC(C)(C)O5)COC(C)(C)O4)OC(C)(C)O3)OC(C)(C)O2)OC(C)(C)O1)O[Si](C)(C)C(C)(C)C. The van der Waals surface area contributed by atoms with E-state index >= 15 is 0 Å². The summed E-state index contributed by atoms with van der Waals surface area (Å²) < 4.78 is 72.8. The Balaban J connectivity index is 1.25. The molecule has 5 saturated heterocycles. The summed E-state index contributed by atoms with van der Waals surface area (Å²) >= 11 is 0. The summed E-state index contributed by atoms with van der Waals surface area (Å²) in [6, 6.07) is 0. The minimum Gasteiger partial charge on any atom is -0.414 e. The second-order valence-electron chi connectivity index (χ2n) is 24.9. The van der Waals surface area contributed by atoms with Crippen molar-refractivity contribution in [2.75, 3.05) is 13.2 Å².